The van der Waals surface area contributed by atoms with Crippen molar-refractivity contribution >= 4 is 17.7 Å². The Morgan fingerprint density at radius 3 is 1.88 bits per heavy atom. The number of amides is 1. The monoisotopic (exact) mass is 495 g/mol. The van der Waals surface area contributed by atoms with E-state index in [0.29, 0.717) is 24.4 Å². The topological polar surface area (TPSA) is 86.7 Å². The molecule has 2 aromatic heterocycles. The highest BCUT2D eigenvalue weighted by Gasteiger charge is 2.37. The Balaban J connectivity index is 2.03. The van der Waals surface area contributed by atoms with Gasteiger partial charge in [-0.15, -0.1) is 5.10 Å². The summed E-state index contributed by atoms with van der Waals surface area (Å²) in [7, 11) is 0. The van der Waals surface area contributed by atoms with Crippen molar-refractivity contribution in [3.8, 4) is 11.4 Å². The maximum absolute atomic E-state index is 13.1. The molecule has 180 valence electrons. The van der Waals surface area contributed by atoms with Gasteiger partial charge in [-0.3, -0.25) is 9.78 Å². The van der Waals surface area contributed by atoms with Gasteiger partial charge in [0, 0.05) is 23.5 Å². The van der Waals surface area contributed by atoms with Crippen LogP contribution < -0.4 is 5.73 Å². The fourth-order valence-corrected chi connectivity index (χ4v) is 2.69. The summed E-state index contributed by atoms with van der Waals surface area (Å²) in [6.07, 6.45) is -12.5. The molecule has 6 nitrogen and oxygen atoms in total. The Bertz CT molecular complexity index is 1210. The molecule has 0 saturated heterocycles. The van der Waals surface area contributed by atoms with Gasteiger partial charge >= 0.3 is 18.5 Å². The summed E-state index contributed by atoms with van der Waals surface area (Å²) >= 11 is 0. The molecule has 3 aromatic rings. The van der Waals surface area contributed by atoms with E-state index in [9.17, 15) is 44.3 Å². The Hall–Kier alpha value is -3.91. The number of hydrogen-bond donors (Lipinski definition) is 1. The molecule has 15 heteroatoms. The van der Waals surface area contributed by atoms with Crippen molar-refractivity contribution in [2.24, 2.45) is 5.73 Å². The summed E-state index contributed by atoms with van der Waals surface area (Å²) in [5.41, 5.74) is -0.369. The molecule has 1 amide bonds. The molecule has 0 fully saturated rings. The molecular formula is C19H10F9N5O. The molecule has 34 heavy (non-hydrogen) atoms. The van der Waals surface area contributed by atoms with Crippen LogP contribution in [-0.2, 0) is 23.3 Å². The van der Waals surface area contributed by atoms with Crippen LogP contribution >= 0.6 is 0 Å². The second kappa shape index (κ2) is 8.46. The van der Waals surface area contributed by atoms with Crippen molar-refractivity contribution in [1.82, 2.24) is 19.7 Å². The molecule has 0 aliphatic carbocycles. The van der Waals surface area contributed by atoms with Crippen LogP contribution in [0.15, 0.2) is 42.9 Å². The molecule has 0 radical (unpaired) electrons. The number of rotatable bonds is 4. The summed E-state index contributed by atoms with van der Waals surface area (Å²) in [6.45, 7) is 0. The molecule has 2 heterocycles. The molecular weight excluding hydrogens is 485 g/mol. The number of carbonyl (C=O) groups excluding carboxylic acids is 1. The first-order chi connectivity index (χ1) is 15.6. The van der Waals surface area contributed by atoms with Crippen LogP contribution in [0.2, 0.25) is 0 Å². The summed E-state index contributed by atoms with van der Waals surface area (Å²) < 4.78 is 117. The number of aromatic nitrogens is 4. The highest BCUT2D eigenvalue weighted by atomic mass is 19.4. The van der Waals surface area contributed by atoms with E-state index in [4.69, 9.17) is 5.73 Å². The lowest BCUT2D eigenvalue weighted by atomic mass is 10.0. The van der Waals surface area contributed by atoms with Gasteiger partial charge in [-0.25, -0.2) is 9.67 Å². The second-order valence-electron chi connectivity index (χ2n) is 6.68. The number of primary amides is 1. The molecule has 0 bridgehead atoms. The molecule has 0 aliphatic heterocycles. The van der Waals surface area contributed by atoms with Crippen molar-refractivity contribution in [1.29, 1.82) is 0 Å². The van der Waals surface area contributed by atoms with E-state index in [1.165, 1.54) is 0 Å². The third kappa shape index (κ3) is 5.52. The largest absolute Gasteiger partial charge is 0.433 e. The Labute approximate surface area is 183 Å². The van der Waals surface area contributed by atoms with Crippen molar-refractivity contribution in [3.05, 3.63) is 65.2 Å². The van der Waals surface area contributed by atoms with Crippen LogP contribution in [0.25, 0.3) is 23.2 Å². The molecule has 2 N–H and O–H groups in total. The van der Waals surface area contributed by atoms with E-state index < -0.39 is 58.2 Å². The van der Waals surface area contributed by atoms with Gasteiger partial charge < -0.3 is 5.73 Å². The van der Waals surface area contributed by atoms with Crippen LogP contribution in [0.4, 0.5) is 39.5 Å². The van der Waals surface area contributed by atoms with E-state index in [0.717, 1.165) is 23.3 Å². The lowest BCUT2D eigenvalue weighted by Crippen LogP contribution is -2.15. The number of hydrogen-bond acceptors (Lipinski definition) is 4. The van der Waals surface area contributed by atoms with Gasteiger partial charge in [-0.1, -0.05) is 6.07 Å². The third-order valence-corrected chi connectivity index (χ3v) is 4.25. The molecule has 1 aromatic carbocycles. The van der Waals surface area contributed by atoms with Crippen LogP contribution in [0.5, 0.6) is 0 Å². The summed E-state index contributed by atoms with van der Waals surface area (Å²) in [5, 5.41) is 3.72. The Kier molecular flexibility index (Phi) is 6.15. The quantitative estimate of drug-likeness (QED) is 0.413. The second-order valence-corrected chi connectivity index (χ2v) is 6.68. The summed E-state index contributed by atoms with van der Waals surface area (Å²) in [6, 6.07) is 2.23. The summed E-state index contributed by atoms with van der Waals surface area (Å²) in [5.74, 6) is -1.68. The first-order valence-electron chi connectivity index (χ1n) is 8.82. The number of halogens is 9. The predicted octanol–water partition coefficient (Wildman–Crippen LogP) is 4.88. The zero-order chi connectivity index (χ0) is 25.5. The number of nitrogens with zero attached hydrogens (tertiary/aromatic N) is 4. The number of carbonyl (C=O) groups is 1. The minimum atomic E-state index is -5.09. The predicted molar refractivity (Wildman–Crippen MR) is 98.1 cm³/mol. The van der Waals surface area contributed by atoms with E-state index in [1.54, 1.807) is 0 Å². The smallest absolute Gasteiger partial charge is 0.366 e. The maximum atomic E-state index is 13.1. The van der Waals surface area contributed by atoms with Crippen molar-refractivity contribution in [2.45, 2.75) is 18.5 Å². The number of alkyl halides is 9. The molecule has 0 saturated carbocycles. The van der Waals surface area contributed by atoms with Gasteiger partial charge in [0.15, 0.2) is 5.82 Å². The van der Waals surface area contributed by atoms with Crippen molar-refractivity contribution < 1.29 is 44.3 Å². The van der Waals surface area contributed by atoms with Gasteiger partial charge in [0.2, 0.25) is 0 Å². The fourth-order valence-electron chi connectivity index (χ4n) is 2.69. The Morgan fingerprint density at radius 1 is 0.853 bits per heavy atom. The van der Waals surface area contributed by atoms with Gasteiger partial charge in [0.05, 0.1) is 16.7 Å². The standard InChI is InChI=1S/C19H10F9N5O/c20-17(21,22)11-3-10(4-12(5-11)18(23,24)25)16-31-8-33(32-16)7-13(15(29)34)9-1-2-14(30-6-9)19(26,27)28/h1-8H,(H2,29,34)/b13-7+. The van der Waals surface area contributed by atoms with E-state index in [1.807, 2.05) is 0 Å². The molecule has 0 unspecified atom stereocenters. The zero-order valence-corrected chi connectivity index (χ0v) is 16.3. The molecule has 0 spiro atoms. The maximum Gasteiger partial charge on any atom is 0.433 e. The number of nitrogens with two attached hydrogens (primary N) is 1. The first kappa shape index (κ1) is 24.7. The lowest BCUT2D eigenvalue weighted by molar-refractivity contribution is -0.143. The van der Waals surface area contributed by atoms with E-state index >= 15 is 0 Å². The van der Waals surface area contributed by atoms with Crippen molar-refractivity contribution in [3.63, 3.8) is 0 Å². The van der Waals surface area contributed by atoms with Crippen LogP contribution in [-0.4, -0.2) is 25.7 Å². The van der Waals surface area contributed by atoms with Crippen LogP contribution in [0.3, 0.4) is 0 Å². The minimum Gasteiger partial charge on any atom is -0.366 e. The average Bonchev–Trinajstić information content (AvgIpc) is 3.18. The number of pyridine rings is 1. The van der Waals surface area contributed by atoms with Gasteiger partial charge in [-0.2, -0.15) is 39.5 Å². The zero-order valence-electron chi connectivity index (χ0n) is 16.3. The highest BCUT2D eigenvalue weighted by molar-refractivity contribution is 6.22. The molecule has 0 aliphatic rings. The SMILES string of the molecule is NC(=O)/C(=C/n1cnc(-c2cc(C(F)(F)F)cc(C(F)(F)F)c2)n1)c1ccc(C(F)(F)F)nc1. The molecule has 0 atom stereocenters. The molecule has 3 rings (SSSR count). The van der Waals surface area contributed by atoms with Crippen molar-refractivity contribution in [2.75, 3.05) is 0 Å². The lowest BCUT2D eigenvalue weighted by Gasteiger charge is -2.13. The van der Waals surface area contributed by atoms with E-state index in [2.05, 4.69) is 15.1 Å². The van der Waals surface area contributed by atoms with Gasteiger partial charge in [0.25, 0.3) is 5.91 Å². The normalized spacial score (nSPS) is 13.3. The Morgan fingerprint density at radius 2 is 1.44 bits per heavy atom. The van der Waals surface area contributed by atoms with Gasteiger partial charge in [0.1, 0.15) is 12.0 Å². The minimum absolute atomic E-state index is 0.0663. The highest BCUT2D eigenvalue weighted by Crippen LogP contribution is 2.38. The van der Waals surface area contributed by atoms with Crippen LogP contribution in [0, 0.1) is 0 Å². The summed E-state index contributed by atoms with van der Waals surface area (Å²) in [4.78, 5) is 18.6. The van der Waals surface area contributed by atoms with Gasteiger partial charge in [-0.05, 0) is 24.3 Å². The van der Waals surface area contributed by atoms with E-state index in [-0.39, 0.29) is 11.6 Å². The number of benzene rings is 1. The third-order valence-electron chi connectivity index (χ3n) is 4.25. The first-order valence-corrected chi connectivity index (χ1v) is 8.82. The fraction of sp³-hybridized carbons (Fsp3) is 0.158. The average molecular weight is 495 g/mol. The van der Waals surface area contributed by atoms with Crippen LogP contribution in [0.1, 0.15) is 22.4 Å².